The van der Waals surface area contributed by atoms with Crippen LogP contribution in [0.1, 0.15) is 80.8 Å². The van der Waals surface area contributed by atoms with Gasteiger partial charge in [0.05, 0.1) is 66.8 Å². The molecule has 6 aromatic rings. The number of benzene rings is 3. The van der Waals surface area contributed by atoms with Gasteiger partial charge in [0.2, 0.25) is 12.2 Å². The van der Waals surface area contributed by atoms with Crippen LogP contribution in [0.5, 0.6) is 17.2 Å². The molecule has 1 aliphatic carbocycles. The lowest BCUT2D eigenvalue weighted by Crippen LogP contribution is -2.61. The van der Waals surface area contributed by atoms with E-state index in [1.807, 2.05) is 0 Å². The van der Waals surface area contributed by atoms with Gasteiger partial charge in [-0.05, 0) is 84.8 Å². The maximum Gasteiger partial charge on any atom is 0.501 e. The third-order valence-electron chi connectivity index (χ3n) is 15.0. The number of carboxylic acid groups (broad SMARTS) is 1. The number of amides is 2. The normalized spacial score (nSPS) is 21.6. The Morgan fingerprint density at radius 1 is 0.976 bits per heavy atom. The lowest BCUT2D eigenvalue weighted by molar-refractivity contribution is -0.271. The molecule has 6 heterocycles. The number of carbonyl (C=O) groups is 4. The molecule has 26 nitrogen and oxygen atoms in total. The highest BCUT2D eigenvalue weighted by Crippen LogP contribution is 2.46. The van der Waals surface area contributed by atoms with Crippen molar-refractivity contribution in [1.82, 2.24) is 40.1 Å². The average Bonchev–Trinajstić information content (AvgIpc) is 2.27. The fraction of sp³-hybridized carbons (Fsp3) is 0.407. The van der Waals surface area contributed by atoms with Crippen molar-refractivity contribution in [3.8, 4) is 28.6 Å². The molecule has 7 atom stereocenters. The number of fused-ring (bicyclic) bond motifs is 5. The first-order valence-electron chi connectivity index (χ1n) is 26.2. The van der Waals surface area contributed by atoms with E-state index in [1.54, 1.807) is 38.2 Å². The molecule has 0 spiro atoms. The van der Waals surface area contributed by atoms with Gasteiger partial charge in [0, 0.05) is 54.3 Å². The molecule has 2 amide bonds. The van der Waals surface area contributed by atoms with Crippen molar-refractivity contribution in [3.05, 3.63) is 127 Å². The monoisotopic (exact) mass is 1230 g/mol. The molecule has 7 N–H and O–H groups in total. The maximum atomic E-state index is 15.5. The second-order valence-electron chi connectivity index (χ2n) is 20.2. The van der Waals surface area contributed by atoms with Gasteiger partial charge >= 0.3 is 22.3 Å². The number of hydrogen-bond donors (Lipinski definition) is 7. The van der Waals surface area contributed by atoms with E-state index in [-0.39, 0.29) is 92.1 Å². The molecule has 0 bridgehead atoms. The van der Waals surface area contributed by atoms with Gasteiger partial charge in [-0.1, -0.05) is 40.2 Å². The molecule has 0 saturated carbocycles. The minimum absolute atomic E-state index is 0.0455. The van der Waals surface area contributed by atoms with E-state index in [1.165, 1.54) is 45.5 Å². The van der Waals surface area contributed by atoms with E-state index in [4.69, 9.17) is 32.3 Å². The summed E-state index contributed by atoms with van der Waals surface area (Å²) in [7, 11) is -3.67. The number of halogens is 2. The molecule has 10 rings (SSSR count). The summed E-state index contributed by atoms with van der Waals surface area (Å²) in [6.45, 7) is 4.13. The van der Waals surface area contributed by atoms with Crippen LogP contribution in [0, 0.1) is 12.7 Å². The molecule has 1 fully saturated rings. The standard InChI is InChI=1S/C54H56BrFN8O18S/c1-4-54(74)34-18-38-44-32(24-64(38)50(70)33(34)25-78-53(54)73)43-36(11-10-31-26(2)35(56)19-37(59-44)42(31)43)57-21-27-5-8-30(9-6-27)81-83(75,76)82-40-17-28(7-12-39(40)79-52-47(68)45(66)46(67)48(80-52)51(71)72)49(69)62(3)13-15-77-16-14-63-23-29(60-61-63)22-58-41(65)20-55/h5-9,12,17-19,23,36,45-48,52,57,66-68,74H,4,10-11,13-16,20-22,24-25H2,1-3H3,(H,58,65)(H,71,72)/t36-,45-,46-,47+,48-,52+,54-/m0/s1. The molecule has 3 aromatic heterocycles. The van der Waals surface area contributed by atoms with Gasteiger partial charge in [-0.15, -0.1) is 13.5 Å². The number of hydrogen-bond acceptors (Lipinski definition) is 21. The number of aliphatic hydroxyl groups excluding tert-OH is 3. The third-order valence-corrected chi connectivity index (χ3v) is 16.3. The zero-order valence-corrected chi connectivity index (χ0v) is 47.0. The van der Waals surface area contributed by atoms with Crippen LogP contribution >= 0.6 is 15.9 Å². The number of nitrogens with one attached hydrogen (secondary N) is 2. The number of aliphatic hydroxyl groups is 4. The van der Waals surface area contributed by atoms with E-state index in [2.05, 4.69) is 36.9 Å². The Bertz CT molecular complexity index is 3740. The fourth-order valence-electron chi connectivity index (χ4n) is 10.5. The quantitative estimate of drug-likeness (QED) is 0.0306. The number of pyridine rings is 2. The van der Waals surface area contributed by atoms with Crippen LogP contribution in [0.3, 0.4) is 0 Å². The fourth-order valence-corrected chi connectivity index (χ4v) is 11.5. The van der Waals surface area contributed by atoms with Crippen LogP contribution in [-0.4, -0.2) is 150 Å². The van der Waals surface area contributed by atoms with Gasteiger partial charge in [-0.2, -0.15) is 0 Å². The maximum absolute atomic E-state index is 15.5. The van der Waals surface area contributed by atoms with E-state index < -0.39 is 87.4 Å². The Balaban J connectivity index is 0.840. The number of cyclic esters (lactones) is 1. The van der Waals surface area contributed by atoms with E-state index >= 15 is 4.39 Å². The number of aromatic nitrogens is 5. The molecule has 440 valence electrons. The summed E-state index contributed by atoms with van der Waals surface area (Å²) in [5.41, 5.74) is 2.83. The lowest BCUT2D eigenvalue weighted by Gasteiger charge is -2.38. The largest absolute Gasteiger partial charge is 0.501 e. The summed E-state index contributed by atoms with van der Waals surface area (Å²) in [4.78, 5) is 70.2. The first-order valence-corrected chi connectivity index (χ1v) is 28.6. The van der Waals surface area contributed by atoms with E-state index in [9.17, 15) is 57.9 Å². The van der Waals surface area contributed by atoms with Gasteiger partial charge in [0.25, 0.3) is 11.5 Å². The number of carboxylic acids is 1. The second kappa shape index (κ2) is 23.6. The highest BCUT2D eigenvalue weighted by molar-refractivity contribution is 9.09. The Hall–Kier alpha value is -7.48. The minimum atomic E-state index is -5.12. The van der Waals surface area contributed by atoms with Crippen molar-refractivity contribution in [3.63, 3.8) is 0 Å². The SMILES string of the molecule is CC[C@@]1(O)C(=O)OCc2c1cc1n(c2=O)Cc2c-1nc1cc(F)c(C)c3c1c2[C@@H](NCc1ccc(OS(=O)(=O)Oc2cc(C(=O)N(C)CCOCCn4cc(CNC(=O)CBr)nn4)ccc2O[C@@H]2O[C@H](C(=O)O)[C@@H](O)[C@H](O)[C@H]2O)cc1)CC3. The summed E-state index contributed by atoms with van der Waals surface area (Å²) in [5, 5.41) is 67.6. The van der Waals surface area contributed by atoms with Crippen LogP contribution < -0.4 is 29.3 Å². The summed E-state index contributed by atoms with van der Waals surface area (Å²) >= 11 is 3.07. The third kappa shape index (κ3) is 11.6. The highest BCUT2D eigenvalue weighted by atomic mass is 79.9. The zero-order chi connectivity index (χ0) is 59.2. The molecule has 83 heavy (non-hydrogen) atoms. The summed E-state index contributed by atoms with van der Waals surface area (Å²) in [6, 6.07) is 11.8. The molecule has 4 aliphatic rings. The highest BCUT2D eigenvalue weighted by Gasteiger charge is 2.49. The average molecular weight is 1240 g/mol. The van der Waals surface area contributed by atoms with Crippen molar-refractivity contribution < 1.29 is 84.8 Å². The molecule has 29 heteroatoms. The first kappa shape index (κ1) is 58.7. The number of nitrogens with zero attached hydrogens (tertiary/aromatic N) is 6. The zero-order valence-electron chi connectivity index (χ0n) is 44.6. The lowest BCUT2D eigenvalue weighted by atomic mass is 9.81. The molecule has 3 aromatic carbocycles. The number of esters is 1. The first-order chi connectivity index (χ1) is 39.6. The van der Waals surface area contributed by atoms with Crippen LogP contribution in [0.15, 0.2) is 65.6 Å². The molecule has 3 aliphatic heterocycles. The Kier molecular flexibility index (Phi) is 16.7. The summed E-state index contributed by atoms with van der Waals surface area (Å²) in [6.07, 6.45) is -7.68. The Labute approximate surface area is 480 Å². The van der Waals surface area contributed by atoms with Crippen molar-refractivity contribution in [1.29, 1.82) is 0 Å². The van der Waals surface area contributed by atoms with Gasteiger partial charge in [-0.3, -0.25) is 14.4 Å². The van der Waals surface area contributed by atoms with Crippen molar-refractivity contribution in [2.75, 3.05) is 32.1 Å². The topological polar surface area (TPSA) is 352 Å². The molecule has 0 radical (unpaired) electrons. The number of likely N-dealkylation sites (N-methyl/N-ethyl adjacent to an activating group) is 1. The van der Waals surface area contributed by atoms with Crippen LogP contribution in [0.2, 0.25) is 0 Å². The van der Waals surface area contributed by atoms with Gasteiger partial charge in [0.1, 0.15) is 42.2 Å². The Morgan fingerprint density at radius 3 is 2.48 bits per heavy atom. The molecule has 1 saturated heterocycles. The van der Waals surface area contributed by atoms with Crippen LogP contribution in [-0.2, 0) is 83.8 Å². The van der Waals surface area contributed by atoms with Gasteiger partial charge < -0.3 is 72.9 Å². The predicted octanol–water partition coefficient (Wildman–Crippen LogP) is 1.67. The van der Waals surface area contributed by atoms with E-state index in [0.29, 0.717) is 58.7 Å². The molecular weight excluding hydrogens is 1180 g/mol. The molecular formula is C54H56BrFN8O18S. The van der Waals surface area contributed by atoms with Crippen molar-refractivity contribution in [2.24, 2.45) is 0 Å². The Morgan fingerprint density at radius 2 is 1.75 bits per heavy atom. The smallest absolute Gasteiger partial charge is 0.479 e. The number of aliphatic carboxylic acids is 1. The van der Waals surface area contributed by atoms with E-state index in [0.717, 1.165) is 28.6 Å². The van der Waals surface area contributed by atoms with Gasteiger partial charge in [-0.25, -0.2) is 23.6 Å². The summed E-state index contributed by atoms with van der Waals surface area (Å²) < 4.78 is 78.6. The number of aryl methyl sites for hydroxylation is 1. The number of carbonyl (C=O) groups excluding carboxylic acids is 3. The van der Waals surface area contributed by atoms with Crippen LogP contribution in [0.25, 0.3) is 22.3 Å². The number of rotatable bonds is 21. The minimum Gasteiger partial charge on any atom is -0.479 e. The second-order valence-corrected chi connectivity index (χ2v) is 22.0. The van der Waals surface area contributed by atoms with Gasteiger partial charge in [0.15, 0.2) is 23.2 Å². The predicted molar refractivity (Wildman–Crippen MR) is 289 cm³/mol. The van der Waals surface area contributed by atoms with Crippen molar-refractivity contribution in [2.45, 2.75) is 108 Å². The van der Waals surface area contributed by atoms with Crippen LogP contribution in [0.4, 0.5) is 4.39 Å². The number of alkyl halides is 1. The number of ether oxygens (including phenoxy) is 4. The molecule has 0 unspecified atom stereocenters. The van der Waals surface area contributed by atoms with Crippen molar-refractivity contribution >= 4 is 61.0 Å². The summed E-state index contributed by atoms with van der Waals surface area (Å²) in [5.74, 6) is -5.29.